The number of amides is 1. The number of rotatable bonds is 5. The number of non-ortho nitro benzene ring substituents is 1. The number of nitrogens with one attached hydrogen (secondary N) is 3. The van der Waals surface area contributed by atoms with E-state index in [0.29, 0.717) is 5.56 Å². The van der Waals surface area contributed by atoms with Crippen molar-refractivity contribution in [2.45, 2.75) is 13.3 Å². The van der Waals surface area contributed by atoms with E-state index in [0.717, 1.165) is 0 Å². The molecule has 0 aliphatic rings. The SMILES string of the molecule is C/C(=N\NC(=O)Cc1ccc([N+](=O)[O-])cc1)c1c(O)[nH]c(=O)[nH]c1=O. The van der Waals surface area contributed by atoms with Crippen LogP contribution in [0, 0.1) is 10.1 Å². The normalized spacial score (nSPS) is 11.2. The van der Waals surface area contributed by atoms with Crippen LogP contribution in [0.25, 0.3) is 0 Å². The van der Waals surface area contributed by atoms with E-state index < -0.39 is 28.0 Å². The van der Waals surface area contributed by atoms with Gasteiger partial charge in [0.2, 0.25) is 11.8 Å². The number of H-pyrrole nitrogens is 2. The van der Waals surface area contributed by atoms with E-state index in [4.69, 9.17) is 0 Å². The smallest absolute Gasteiger partial charge is 0.328 e. The van der Waals surface area contributed by atoms with Crippen LogP contribution in [-0.2, 0) is 11.2 Å². The van der Waals surface area contributed by atoms with Crippen LogP contribution in [0.5, 0.6) is 5.88 Å². The van der Waals surface area contributed by atoms with Crippen LogP contribution >= 0.6 is 0 Å². The summed E-state index contributed by atoms with van der Waals surface area (Å²) >= 11 is 0. The minimum atomic E-state index is -0.874. The molecule has 1 amide bonds. The topological polar surface area (TPSA) is 171 Å². The molecule has 0 radical (unpaired) electrons. The first-order valence-corrected chi connectivity index (χ1v) is 6.90. The van der Waals surface area contributed by atoms with Gasteiger partial charge in [-0.05, 0) is 12.5 Å². The van der Waals surface area contributed by atoms with E-state index in [2.05, 4.69) is 10.5 Å². The number of hydrogen-bond acceptors (Lipinski definition) is 7. The average Bonchev–Trinajstić information content (AvgIpc) is 2.52. The second-order valence-electron chi connectivity index (χ2n) is 4.96. The number of benzene rings is 1. The first-order valence-electron chi connectivity index (χ1n) is 6.90. The zero-order valence-corrected chi connectivity index (χ0v) is 12.9. The monoisotopic (exact) mass is 347 g/mol. The molecule has 0 spiro atoms. The van der Waals surface area contributed by atoms with Gasteiger partial charge in [0.25, 0.3) is 11.2 Å². The number of carbonyl (C=O) groups excluding carboxylic acids is 1. The molecule has 0 aliphatic heterocycles. The predicted octanol–water partition coefficient (Wildman–Crippen LogP) is -0.240. The summed E-state index contributed by atoms with van der Waals surface area (Å²) in [5.41, 5.74) is 0.600. The Balaban J connectivity index is 2.08. The van der Waals surface area contributed by atoms with E-state index in [-0.39, 0.29) is 23.4 Å². The van der Waals surface area contributed by atoms with E-state index >= 15 is 0 Å². The fraction of sp³-hybridized carbons (Fsp3) is 0.143. The van der Waals surface area contributed by atoms with Crippen molar-refractivity contribution in [2.24, 2.45) is 5.10 Å². The third-order valence-corrected chi connectivity index (χ3v) is 3.14. The lowest BCUT2D eigenvalue weighted by molar-refractivity contribution is -0.384. The summed E-state index contributed by atoms with van der Waals surface area (Å²) in [6.07, 6.45) is -0.0945. The number of aromatic nitrogens is 2. The number of aromatic amines is 2. The molecule has 4 N–H and O–H groups in total. The molecule has 0 saturated heterocycles. The molecule has 0 fully saturated rings. The van der Waals surface area contributed by atoms with Gasteiger partial charge in [0.05, 0.1) is 17.1 Å². The standard InChI is InChI=1S/C14H13N5O6/c1-7(11-12(21)15-14(23)16-13(11)22)17-18-10(20)6-8-2-4-9(5-3-8)19(24)25/h2-5H,6H2,1H3,(H,18,20)(H3,15,16,21,22,23)/b17-7+. The van der Waals surface area contributed by atoms with Gasteiger partial charge in [0, 0.05) is 12.1 Å². The molecular formula is C14H13N5O6. The minimum absolute atomic E-state index is 0.0213. The Labute approximate surface area is 139 Å². The number of carbonyl (C=O) groups is 1. The molecule has 0 saturated carbocycles. The van der Waals surface area contributed by atoms with Gasteiger partial charge in [0.15, 0.2) is 0 Å². The first-order chi connectivity index (χ1) is 11.8. The highest BCUT2D eigenvalue weighted by molar-refractivity contribution is 6.00. The lowest BCUT2D eigenvalue weighted by Gasteiger charge is -2.04. The number of aromatic hydroxyl groups is 1. The molecule has 1 aromatic carbocycles. The van der Waals surface area contributed by atoms with E-state index in [1.54, 1.807) is 0 Å². The molecule has 11 heteroatoms. The highest BCUT2D eigenvalue weighted by atomic mass is 16.6. The van der Waals surface area contributed by atoms with Crippen LogP contribution in [0.15, 0.2) is 39.0 Å². The van der Waals surface area contributed by atoms with Crippen LogP contribution in [0.1, 0.15) is 18.1 Å². The van der Waals surface area contributed by atoms with Gasteiger partial charge >= 0.3 is 5.69 Å². The Bertz CT molecular complexity index is 957. The second-order valence-corrected chi connectivity index (χ2v) is 4.96. The van der Waals surface area contributed by atoms with Crippen molar-refractivity contribution in [3.8, 4) is 5.88 Å². The van der Waals surface area contributed by atoms with Gasteiger partial charge in [-0.1, -0.05) is 12.1 Å². The second kappa shape index (κ2) is 7.21. The third-order valence-electron chi connectivity index (χ3n) is 3.14. The van der Waals surface area contributed by atoms with Gasteiger partial charge < -0.3 is 5.11 Å². The maximum Gasteiger partial charge on any atom is 0.328 e. The molecule has 11 nitrogen and oxygen atoms in total. The third kappa shape index (κ3) is 4.37. The number of hydrogen-bond donors (Lipinski definition) is 4. The van der Waals surface area contributed by atoms with Crippen molar-refractivity contribution in [3.05, 3.63) is 66.3 Å². The maximum absolute atomic E-state index is 11.8. The number of nitrogens with zero attached hydrogens (tertiary/aromatic N) is 2. The summed E-state index contributed by atoms with van der Waals surface area (Å²) < 4.78 is 0. The molecule has 2 rings (SSSR count). The molecule has 0 unspecified atom stereocenters. The van der Waals surface area contributed by atoms with E-state index in [1.165, 1.54) is 31.2 Å². The molecule has 1 aromatic heterocycles. The van der Waals surface area contributed by atoms with Crippen molar-refractivity contribution in [1.82, 2.24) is 15.4 Å². The number of hydrazone groups is 1. The Hall–Kier alpha value is -3.76. The zero-order chi connectivity index (χ0) is 18.6. The van der Waals surface area contributed by atoms with Crippen LogP contribution in [0.3, 0.4) is 0 Å². The lowest BCUT2D eigenvalue weighted by Crippen LogP contribution is -2.28. The molecule has 0 aliphatic carbocycles. The largest absolute Gasteiger partial charge is 0.494 e. The van der Waals surface area contributed by atoms with Gasteiger partial charge in [0.1, 0.15) is 5.56 Å². The van der Waals surface area contributed by atoms with Gasteiger partial charge in [-0.25, -0.2) is 10.2 Å². The molecular weight excluding hydrogens is 334 g/mol. The van der Waals surface area contributed by atoms with Crippen molar-refractivity contribution in [1.29, 1.82) is 0 Å². The Morgan fingerprint density at radius 1 is 1.28 bits per heavy atom. The lowest BCUT2D eigenvalue weighted by atomic mass is 10.1. The summed E-state index contributed by atoms with van der Waals surface area (Å²) in [6.45, 7) is 1.36. The van der Waals surface area contributed by atoms with Gasteiger partial charge in [-0.2, -0.15) is 5.10 Å². The predicted molar refractivity (Wildman–Crippen MR) is 86.5 cm³/mol. The molecule has 130 valence electrons. The van der Waals surface area contributed by atoms with Crippen LogP contribution in [0.4, 0.5) is 5.69 Å². The fourth-order valence-electron chi connectivity index (χ4n) is 1.97. The summed E-state index contributed by atoms with van der Waals surface area (Å²) in [5, 5.41) is 23.8. The Morgan fingerprint density at radius 2 is 1.92 bits per heavy atom. The molecule has 25 heavy (non-hydrogen) atoms. The van der Waals surface area contributed by atoms with Crippen LogP contribution in [-0.4, -0.2) is 31.6 Å². The number of nitro groups is 1. The number of nitro benzene ring substituents is 1. The average molecular weight is 347 g/mol. The maximum atomic E-state index is 11.8. The summed E-state index contributed by atoms with van der Waals surface area (Å²) in [7, 11) is 0. The highest BCUT2D eigenvalue weighted by Crippen LogP contribution is 2.12. The molecule has 0 bridgehead atoms. The fourth-order valence-corrected chi connectivity index (χ4v) is 1.97. The molecule has 0 atom stereocenters. The van der Waals surface area contributed by atoms with Gasteiger partial charge in [-0.15, -0.1) is 0 Å². The zero-order valence-electron chi connectivity index (χ0n) is 12.9. The molecule has 1 heterocycles. The summed E-state index contributed by atoms with van der Waals surface area (Å²) in [5.74, 6) is -1.20. The van der Waals surface area contributed by atoms with E-state index in [9.17, 15) is 29.6 Å². The van der Waals surface area contributed by atoms with Crippen molar-refractivity contribution in [3.63, 3.8) is 0 Å². The van der Waals surface area contributed by atoms with E-state index in [1.807, 2.05) is 9.97 Å². The Morgan fingerprint density at radius 3 is 2.48 bits per heavy atom. The highest BCUT2D eigenvalue weighted by Gasteiger charge is 2.12. The summed E-state index contributed by atoms with van der Waals surface area (Å²) in [4.78, 5) is 48.4. The first kappa shape index (κ1) is 17.6. The Kier molecular flexibility index (Phi) is 5.07. The van der Waals surface area contributed by atoms with Gasteiger partial charge in [-0.3, -0.25) is 29.7 Å². The van der Waals surface area contributed by atoms with Crippen LogP contribution in [0.2, 0.25) is 0 Å². The summed E-state index contributed by atoms with van der Waals surface area (Å²) in [6, 6.07) is 5.42. The van der Waals surface area contributed by atoms with Crippen molar-refractivity contribution < 1.29 is 14.8 Å². The van der Waals surface area contributed by atoms with Crippen molar-refractivity contribution >= 4 is 17.3 Å². The molecule has 2 aromatic rings. The van der Waals surface area contributed by atoms with Crippen LogP contribution < -0.4 is 16.7 Å². The van der Waals surface area contributed by atoms with Crippen molar-refractivity contribution in [2.75, 3.05) is 0 Å². The minimum Gasteiger partial charge on any atom is -0.494 e. The quantitative estimate of drug-likeness (QED) is 0.330.